The number of Topliss-reactive ketones (excluding diaryl/α,β-unsaturated/α-hetero) is 2. The molecule has 0 aliphatic heterocycles. The van der Waals surface area contributed by atoms with E-state index in [4.69, 9.17) is 0 Å². The average molecular weight is 399 g/mol. The largest absolute Gasteiger partial charge is 0.355 e. The third-order valence-electron chi connectivity index (χ3n) is 5.88. The summed E-state index contributed by atoms with van der Waals surface area (Å²) in [4.78, 5) is 38.8. The van der Waals surface area contributed by atoms with Crippen molar-refractivity contribution in [1.82, 2.24) is 0 Å². The molecular weight excluding hydrogens is 378 g/mol. The van der Waals surface area contributed by atoms with Crippen molar-refractivity contribution >= 4 is 11.6 Å². The van der Waals surface area contributed by atoms with Gasteiger partial charge in [0, 0.05) is 16.1 Å². The van der Waals surface area contributed by atoms with Crippen LogP contribution in [0.15, 0.2) is 78.9 Å². The zero-order chi connectivity index (χ0) is 21.5. The standard InChI is InChI=1S/C25H21NO4/c1-16(2)17-12-14-19(15-13-17)22(18-8-4-3-5-9-18)25(26(29)30)23(27)20-10-6-7-11-21(20)24(25)28/h3-16,22H,1-2H3/t22-/m0/s1. The highest BCUT2D eigenvalue weighted by Crippen LogP contribution is 2.46. The smallest absolute Gasteiger partial charge is 0.285 e. The molecule has 5 heteroatoms. The number of carbonyl (C=O) groups is 2. The van der Waals surface area contributed by atoms with Gasteiger partial charge < -0.3 is 0 Å². The first-order valence-electron chi connectivity index (χ1n) is 9.87. The molecule has 1 aliphatic carbocycles. The highest BCUT2D eigenvalue weighted by molar-refractivity contribution is 6.32. The van der Waals surface area contributed by atoms with Crippen molar-refractivity contribution in [3.63, 3.8) is 0 Å². The fourth-order valence-corrected chi connectivity index (χ4v) is 4.32. The second-order valence-corrected chi connectivity index (χ2v) is 7.89. The minimum Gasteiger partial charge on any atom is -0.285 e. The van der Waals surface area contributed by atoms with Crippen molar-refractivity contribution in [3.8, 4) is 0 Å². The summed E-state index contributed by atoms with van der Waals surface area (Å²) in [6, 6.07) is 22.4. The van der Waals surface area contributed by atoms with E-state index < -0.39 is 27.9 Å². The molecule has 5 nitrogen and oxygen atoms in total. The van der Waals surface area contributed by atoms with Gasteiger partial charge in [-0.2, -0.15) is 0 Å². The van der Waals surface area contributed by atoms with Crippen LogP contribution in [0.5, 0.6) is 0 Å². The van der Waals surface area contributed by atoms with Crippen molar-refractivity contribution in [2.75, 3.05) is 0 Å². The van der Waals surface area contributed by atoms with Gasteiger partial charge in [0.25, 0.3) is 0 Å². The summed E-state index contributed by atoms with van der Waals surface area (Å²) in [6.07, 6.45) is 0. The Morgan fingerprint density at radius 1 is 0.700 bits per heavy atom. The second-order valence-electron chi connectivity index (χ2n) is 7.89. The zero-order valence-electron chi connectivity index (χ0n) is 16.7. The van der Waals surface area contributed by atoms with E-state index in [1.54, 1.807) is 54.6 Å². The van der Waals surface area contributed by atoms with E-state index in [2.05, 4.69) is 13.8 Å². The van der Waals surface area contributed by atoms with Gasteiger partial charge in [-0.1, -0.05) is 92.7 Å². The number of hydrogen-bond acceptors (Lipinski definition) is 4. The molecule has 4 rings (SSSR count). The quantitative estimate of drug-likeness (QED) is 0.342. The van der Waals surface area contributed by atoms with E-state index in [-0.39, 0.29) is 17.0 Å². The van der Waals surface area contributed by atoms with Gasteiger partial charge in [0.1, 0.15) is 0 Å². The molecule has 1 aliphatic rings. The maximum atomic E-state index is 13.5. The molecule has 3 aromatic rings. The Balaban J connectivity index is 1.99. The molecule has 0 amide bonds. The number of nitrogens with zero attached hydrogens (tertiary/aromatic N) is 1. The molecule has 150 valence electrons. The van der Waals surface area contributed by atoms with Crippen molar-refractivity contribution in [3.05, 3.63) is 117 Å². The number of rotatable bonds is 5. The summed E-state index contributed by atoms with van der Waals surface area (Å²) in [5, 5.41) is 12.5. The molecule has 0 radical (unpaired) electrons. The third-order valence-corrected chi connectivity index (χ3v) is 5.88. The monoisotopic (exact) mass is 399 g/mol. The van der Waals surface area contributed by atoms with E-state index in [1.165, 1.54) is 12.1 Å². The highest BCUT2D eigenvalue weighted by Gasteiger charge is 2.68. The molecule has 0 saturated carbocycles. The summed E-state index contributed by atoms with van der Waals surface area (Å²) in [5.41, 5.74) is -0.00607. The van der Waals surface area contributed by atoms with Gasteiger partial charge >= 0.3 is 5.54 Å². The van der Waals surface area contributed by atoms with Crippen LogP contribution in [-0.4, -0.2) is 22.0 Å². The van der Waals surface area contributed by atoms with Crippen LogP contribution in [0.4, 0.5) is 0 Å². The Labute approximate surface area is 174 Å². The van der Waals surface area contributed by atoms with Crippen LogP contribution >= 0.6 is 0 Å². The van der Waals surface area contributed by atoms with Gasteiger partial charge in [-0.25, -0.2) is 0 Å². The first-order valence-corrected chi connectivity index (χ1v) is 9.87. The van der Waals surface area contributed by atoms with E-state index in [0.29, 0.717) is 11.1 Å². The van der Waals surface area contributed by atoms with Gasteiger partial charge in [0.05, 0.1) is 5.92 Å². The van der Waals surface area contributed by atoms with Crippen LogP contribution in [-0.2, 0) is 0 Å². The first-order chi connectivity index (χ1) is 14.4. The van der Waals surface area contributed by atoms with Crippen LogP contribution in [0, 0.1) is 10.1 Å². The van der Waals surface area contributed by atoms with Crippen molar-refractivity contribution in [2.45, 2.75) is 31.2 Å². The van der Waals surface area contributed by atoms with Crippen LogP contribution in [0.3, 0.4) is 0 Å². The zero-order valence-corrected chi connectivity index (χ0v) is 16.7. The van der Waals surface area contributed by atoms with Crippen LogP contribution < -0.4 is 0 Å². The SMILES string of the molecule is CC(C)c1ccc([C@H](c2ccccc2)C2([N+](=O)[O-])C(=O)c3ccccc3C2=O)cc1. The Hall–Kier alpha value is -3.60. The van der Waals surface area contributed by atoms with Crippen LogP contribution in [0.1, 0.15) is 63.1 Å². The molecule has 0 bridgehead atoms. The van der Waals surface area contributed by atoms with Gasteiger partial charge in [-0.15, -0.1) is 0 Å². The molecule has 0 unspecified atom stereocenters. The first kappa shape index (κ1) is 19.7. The van der Waals surface area contributed by atoms with Crippen molar-refractivity contribution in [2.24, 2.45) is 0 Å². The molecule has 0 heterocycles. The third kappa shape index (κ3) is 2.77. The molecule has 30 heavy (non-hydrogen) atoms. The maximum Gasteiger partial charge on any atom is 0.355 e. The molecule has 0 spiro atoms. The molecule has 3 aromatic carbocycles. The predicted octanol–water partition coefficient (Wildman–Crippen LogP) is 5.04. The number of nitro groups is 1. The van der Waals surface area contributed by atoms with E-state index >= 15 is 0 Å². The van der Waals surface area contributed by atoms with E-state index in [0.717, 1.165) is 5.56 Å². The summed E-state index contributed by atoms with van der Waals surface area (Å²) in [5.74, 6) is -2.26. The lowest BCUT2D eigenvalue weighted by atomic mass is 9.72. The van der Waals surface area contributed by atoms with E-state index in [1.807, 2.05) is 12.1 Å². The van der Waals surface area contributed by atoms with Gasteiger partial charge in [-0.05, 0) is 22.6 Å². The van der Waals surface area contributed by atoms with Crippen molar-refractivity contribution < 1.29 is 14.5 Å². The van der Waals surface area contributed by atoms with Crippen molar-refractivity contribution in [1.29, 1.82) is 0 Å². The fourth-order valence-electron chi connectivity index (χ4n) is 4.32. The van der Waals surface area contributed by atoms with Crippen LogP contribution in [0.25, 0.3) is 0 Å². The fraction of sp³-hybridized carbons (Fsp3) is 0.200. The molecular formula is C25H21NO4. The minimum atomic E-state index is -2.43. The second kappa shape index (κ2) is 7.34. The normalized spacial score (nSPS) is 15.8. The van der Waals surface area contributed by atoms with Gasteiger partial charge in [-0.3, -0.25) is 19.7 Å². The minimum absolute atomic E-state index is 0.110. The Morgan fingerprint density at radius 2 is 1.13 bits per heavy atom. The predicted molar refractivity (Wildman–Crippen MR) is 114 cm³/mol. The van der Waals surface area contributed by atoms with Crippen LogP contribution in [0.2, 0.25) is 0 Å². The summed E-state index contributed by atoms with van der Waals surface area (Å²) >= 11 is 0. The topological polar surface area (TPSA) is 77.3 Å². The highest BCUT2D eigenvalue weighted by atomic mass is 16.6. The summed E-state index contributed by atoms with van der Waals surface area (Å²) in [6.45, 7) is 4.12. The lowest BCUT2D eigenvalue weighted by Crippen LogP contribution is -2.54. The summed E-state index contributed by atoms with van der Waals surface area (Å²) < 4.78 is 0. The Morgan fingerprint density at radius 3 is 1.60 bits per heavy atom. The lowest BCUT2D eigenvalue weighted by molar-refractivity contribution is -0.532. The molecule has 0 N–H and O–H groups in total. The molecule has 0 saturated heterocycles. The van der Waals surface area contributed by atoms with Gasteiger partial charge in [0.15, 0.2) is 0 Å². The average Bonchev–Trinajstić information content (AvgIpc) is 2.98. The molecule has 1 atom stereocenters. The maximum absolute atomic E-state index is 13.5. The molecule has 0 aromatic heterocycles. The Kier molecular flexibility index (Phi) is 4.82. The summed E-state index contributed by atoms with van der Waals surface area (Å²) in [7, 11) is 0. The number of hydrogen-bond donors (Lipinski definition) is 0. The number of ketones is 2. The van der Waals surface area contributed by atoms with E-state index in [9.17, 15) is 19.7 Å². The number of carbonyl (C=O) groups excluding carboxylic acids is 2. The molecule has 0 fully saturated rings. The van der Waals surface area contributed by atoms with Gasteiger partial charge in [0.2, 0.25) is 11.6 Å². The lowest BCUT2D eigenvalue weighted by Gasteiger charge is -2.28. The number of benzene rings is 3. The number of fused-ring (bicyclic) bond motifs is 1. The Bertz CT molecular complexity index is 1100.